The van der Waals surface area contributed by atoms with Crippen LogP contribution in [0.15, 0.2) is 102 Å². The van der Waals surface area contributed by atoms with Gasteiger partial charge < -0.3 is 10.2 Å². The fourth-order valence-electron chi connectivity index (χ4n) is 5.92. The molecule has 1 saturated carbocycles. The van der Waals surface area contributed by atoms with Crippen molar-refractivity contribution in [2.75, 3.05) is 10.8 Å². The standard InChI is InChI=1S/C37H38Cl3N3O4S/c1-26-17-20-31(23-33(26)39)43(48(46,47)32-15-9-4-10-16-32)25-36(44)42(24-28-18-19-29(38)22-34(28)40)35(21-27-11-5-2-6-12-27)37(45)41-30-13-7-3-8-14-30/h2,4-6,9-12,15-20,22-23,30,35H,3,7-8,13-14,21,24-25H2,1H3,(H,41,45)/t35-/m1/s1. The van der Waals surface area contributed by atoms with Crippen molar-refractivity contribution in [2.45, 2.75) is 69.0 Å². The summed E-state index contributed by atoms with van der Waals surface area (Å²) in [5.74, 6) is -0.892. The summed E-state index contributed by atoms with van der Waals surface area (Å²) in [4.78, 5) is 30.4. The number of rotatable bonds is 12. The molecule has 11 heteroatoms. The number of hydrogen-bond donors (Lipinski definition) is 1. The van der Waals surface area contributed by atoms with E-state index >= 15 is 0 Å². The molecule has 0 heterocycles. The molecule has 1 atom stereocenters. The second kappa shape index (κ2) is 16.2. The Kier molecular flexibility index (Phi) is 12.1. The molecular formula is C37H38Cl3N3O4S. The largest absolute Gasteiger partial charge is 0.352 e. The van der Waals surface area contributed by atoms with Gasteiger partial charge in [0.05, 0.1) is 10.6 Å². The van der Waals surface area contributed by atoms with E-state index in [-0.39, 0.29) is 35.5 Å². The lowest BCUT2D eigenvalue weighted by Crippen LogP contribution is -2.55. The molecule has 2 amide bonds. The van der Waals surface area contributed by atoms with E-state index < -0.39 is 28.5 Å². The highest BCUT2D eigenvalue weighted by atomic mass is 35.5. The molecule has 4 aromatic rings. The van der Waals surface area contributed by atoms with Gasteiger partial charge in [-0.15, -0.1) is 0 Å². The second-order valence-corrected chi connectivity index (χ2v) is 15.2. The smallest absolute Gasteiger partial charge is 0.264 e. The summed E-state index contributed by atoms with van der Waals surface area (Å²) in [6.07, 6.45) is 5.08. The Bertz CT molecular complexity index is 1840. The summed E-state index contributed by atoms with van der Waals surface area (Å²) in [5, 5.41) is 4.31. The first kappa shape index (κ1) is 35.7. The number of sulfonamides is 1. The maximum atomic E-state index is 14.7. The van der Waals surface area contributed by atoms with Crippen LogP contribution in [-0.4, -0.2) is 43.8 Å². The van der Waals surface area contributed by atoms with Crippen LogP contribution in [0.5, 0.6) is 0 Å². The normalized spacial score (nSPS) is 14.2. The van der Waals surface area contributed by atoms with Gasteiger partial charge in [-0.2, -0.15) is 0 Å². The van der Waals surface area contributed by atoms with Gasteiger partial charge in [-0.05, 0) is 72.9 Å². The zero-order chi connectivity index (χ0) is 34.3. The van der Waals surface area contributed by atoms with Crippen LogP contribution in [0.2, 0.25) is 15.1 Å². The van der Waals surface area contributed by atoms with Crippen LogP contribution in [-0.2, 0) is 32.6 Å². The molecule has 0 aromatic heterocycles. The van der Waals surface area contributed by atoms with Gasteiger partial charge >= 0.3 is 0 Å². The van der Waals surface area contributed by atoms with Gasteiger partial charge in [-0.1, -0.05) is 115 Å². The molecule has 252 valence electrons. The lowest BCUT2D eigenvalue weighted by Gasteiger charge is -2.35. The Balaban J connectivity index is 1.59. The van der Waals surface area contributed by atoms with Crippen molar-refractivity contribution in [2.24, 2.45) is 0 Å². The van der Waals surface area contributed by atoms with Crippen molar-refractivity contribution in [3.8, 4) is 0 Å². The van der Waals surface area contributed by atoms with E-state index in [1.165, 1.54) is 23.1 Å². The van der Waals surface area contributed by atoms with Crippen LogP contribution in [0.4, 0.5) is 5.69 Å². The number of anilines is 1. The quantitative estimate of drug-likeness (QED) is 0.159. The van der Waals surface area contributed by atoms with E-state index in [1.54, 1.807) is 48.5 Å². The first-order valence-corrected chi connectivity index (χ1v) is 18.5. The minimum atomic E-state index is -4.24. The molecule has 1 fully saturated rings. The molecule has 0 radical (unpaired) electrons. The Labute approximate surface area is 297 Å². The van der Waals surface area contributed by atoms with Crippen LogP contribution in [0.1, 0.15) is 48.8 Å². The minimum Gasteiger partial charge on any atom is -0.352 e. The van der Waals surface area contributed by atoms with Gasteiger partial charge in [0.2, 0.25) is 11.8 Å². The highest BCUT2D eigenvalue weighted by Crippen LogP contribution is 2.30. The highest BCUT2D eigenvalue weighted by Gasteiger charge is 2.36. The number of benzene rings is 4. The van der Waals surface area contributed by atoms with E-state index in [9.17, 15) is 18.0 Å². The molecule has 1 aliphatic carbocycles. The van der Waals surface area contributed by atoms with Crippen molar-refractivity contribution < 1.29 is 18.0 Å². The first-order valence-electron chi connectivity index (χ1n) is 15.9. The fraction of sp³-hybridized carbons (Fsp3) is 0.297. The Hall–Kier alpha value is -3.56. The Morgan fingerprint density at radius 1 is 0.833 bits per heavy atom. The van der Waals surface area contributed by atoms with E-state index in [0.717, 1.165) is 47.5 Å². The third kappa shape index (κ3) is 8.91. The molecule has 0 bridgehead atoms. The molecule has 1 N–H and O–H groups in total. The van der Waals surface area contributed by atoms with Crippen molar-refractivity contribution in [1.82, 2.24) is 10.2 Å². The van der Waals surface area contributed by atoms with E-state index in [0.29, 0.717) is 20.6 Å². The van der Waals surface area contributed by atoms with Crippen molar-refractivity contribution >= 4 is 62.3 Å². The van der Waals surface area contributed by atoms with Gasteiger partial charge in [0.25, 0.3) is 10.0 Å². The summed E-state index contributed by atoms with van der Waals surface area (Å²) in [7, 11) is -4.24. The molecule has 7 nitrogen and oxygen atoms in total. The van der Waals surface area contributed by atoms with Gasteiger partial charge in [0, 0.05) is 34.1 Å². The summed E-state index contributed by atoms with van der Waals surface area (Å²) in [5.41, 5.74) is 2.39. The monoisotopic (exact) mass is 725 g/mol. The Morgan fingerprint density at radius 3 is 2.15 bits per heavy atom. The SMILES string of the molecule is Cc1ccc(N(CC(=O)N(Cc2ccc(Cl)cc2Cl)[C@H](Cc2ccccc2)C(=O)NC2CCCCC2)S(=O)(=O)c2ccccc2)cc1Cl. The van der Waals surface area contributed by atoms with Gasteiger partial charge in [-0.25, -0.2) is 8.42 Å². The maximum absolute atomic E-state index is 14.7. The minimum absolute atomic E-state index is 0.00903. The topological polar surface area (TPSA) is 86.8 Å². The summed E-state index contributed by atoms with van der Waals surface area (Å²) in [6, 6.07) is 26.2. The number of carbonyl (C=O) groups excluding carboxylic acids is 2. The molecule has 0 saturated heterocycles. The summed E-state index contributed by atoms with van der Waals surface area (Å²) < 4.78 is 29.4. The first-order chi connectivity index (χ1) is 23.0. The molecule has 0 unspecified atom stereocenters. The zero-order valence-electron chi connectivity index (χ0n) is 26.6. The average Bonchev–Trinajstić information content (AvgIpc) is 3.08. The summed E-state index contributed by atoms with van der Waals surface area (Å²) in [6.45, 7) is 1.16. The lowest BCUT2D eigenvalue weighted by atomic mass is 9.94. The third-order valence-electron chi connectivity index (χ3n) is 8.63. The van der Waals surface area contributed by atoms with Crippen LogP contribution in [0.25, 0.3) is 0 Å². The number of carbonyl (C=O) groups is 2. The van der Waals surface area contributed by atoms with Crippen molar-refractivity contribution in [3.63, 3.8) is 0 Å². The van der Waals surface area contributed by atoms with Crippen LogP contribution in [0, 0.1) is 6.92 Å². The number of aryl methyl sites for hydroxylation is 1. The van der Waals surface area contributed by atoms with Crippen molar-refractivity contribution in [3.05, 3.63) is 129 Å². The molecule has 48 heavy (non-hydrogen) atoms. The number of halogens is 3. The maximum Gasteiger partial charge on any atom is 0.264 e. The Morgan fingerprint density at radius 2 is 1.50 bits per heavy atom. The van der Waals surface area contributed by atoms with E-state index in [1.807, 2.05) is 37.3 Å². The second-order valence-electron chi connectivity index (χ2n) is 12.1. The molecule has 0 aliphatic heterocycles. The fourth-order valence-corrected chi connectivity index (χ4v) is 7.99. The van der Waals surface area contributed by atoms with Crippen LogP contribution in [0.3, 0.4) is 0 Å². The van der Waals surface area contributed by atoms with E-state index in [2.05, 4.69) is 5.32 Å². The number of amides is 2. The highest BCUT2D eigenvalue weighted by molar-refractivity contribution is 7.92. The third-order valence-corrected chi connectivity index (χ3v) is 11.4. The summed E-state index contributed by atoms with van der Waals surface area (Å²) >= 11 is 19.3. The predicted octanol–water partition coefficient (Wildman–Crippen LogP) is 8.24. The average molecular weight is 727 g/mol. The number of nitrogens with one attached hydrogen (secondary N) is 1. The number of nitrogens with zero attached hydrogens (tertiary/aromatic N) is 2. The lowest BCUT2D eigenvalue weighted by molar-refractivity contribution is -0.140. The van der Waals surface area contributed by atoms with Crippen LogP contribution < -0.4 is 9.62 Å². The van der Waals surface area contributed by atoms with Gasteiger partial charge in [0.15, 0.2) is 0 Å². The predicted molar refractivity (Wildman–Crippen MR) is 193 cm³/mol. The van der Waals surface area contributed by atoms with E-state index in [4.69, 9.17) is 34.8 Å². The molecule has 1 aliphatic rings. The molecular weight excluding hydrogens is 689 g/mol. The zero-order valence-corrected chi connectivity index (χ0v) is 29.7. The number of hydrogen-bond acceptors (Lipinski definition) is 4. The van der Waals surface area contributed by atoms with Crippen molar-refractivity contribution in [1.29, 1.82) is 0 Å². The molecule has 4 aromatic carbocycles. The van der Waals surface area contributed by atoms with Gasteiger partial charge in [-0.3, -0.25) is 13.9 Å². The molecule has 5 rings (SSSR count). The van der Waals surface area contributed by atoms with Gasteiger partial charge in [0.1, 0.15) is 12.6 Å². The van der Waals surface area contributed by atoms with Crippen LogP contribution >= 0.6 is 34.8 Å². The molecule has 0 spiro atoms.